The third kappa shape index (κ3) is 4.22. The molecule has 0 radical (unpaired) electrons. The van der Waals surface area contributed by atoms with Crippen molar-refractivity contribution in [2.75, 3.05) is 4.90 Å². The first-order valence-corrected chi connectivity index (χ1v) is 10.0. The number of benzene rings is 2. The minimum absolute atomic E-state index is 0.0693. The molecule has 1 unspecified atom stereocenters. The van der Waals surface area contributed by atoms with Crippen LogP contribution in [0.3, 0.4) is 0 Å². The van der Waals surface area contributed by atoms with Gasteiger partial charge in [0, 0.05) is 17.3 Å². The van der Waals surface area contributed by atoms with Gasteiger partial charge in [-0.3, -0.25) is 14.5 Å². The van der Waals surface area contributed by atoms with E-state index in [1.54, 1.807) is 24.3 Å². The van der Waals surface area contributed by atoms with Gasteiger partial charge in [-0.2, -0.15) is 5.26 Å². The lowest BCUT2D eigenvalue weighted by Gasteiger charge is -2.18. The molecule has 1 heterocycles. The number of nitrogens with zero attached hydrogens (tertiary/aromatic N) is 2. The number of nitrogens with one attached hydrogen (secondary N) is 1. The van der Waals surface area contributed by atoms with Crippen molar-refractivity contribution in [2.45, 2.75) is 25.1 Å². The van der Waals surface area contributed by atoms with Crippen LogP contribution in [0.5, 0.6) is 0 Å². The molecule has 0 aliphatic carbocycles. The minimum Gasteiger partial charge on any atom is -0.347 e. The van der Waals surface area contributed by atoms with Crippen LogP contribution in [-0.4, -0.2) is 17.1 Å². The molecule has 2 aromatic rings. The van der Waals surface area contributed by atoms with Crippen molar-refractivity contribution in [3.8, 4) is 6.07 Å². The number of thioether (sulfide) groups is 1. The molecule has 7 heteroatoms. The first-order chi connectivity index (χ1) is 13.5. The average molecular weight is 412 g/mol. The van der Waals surface area contributed by atoms with Crippen molar-refractivity contribution in [3.63, 3.8) is 0 Å². The molecule has 1 aliphatic heterocycles. The summed E-state index contributed by atoms with van der Waals surface area (Å²) in [6.07, 6.45) is 0.599. The van der Waals surface area contributed by atoms with E-state index in [2.05, 4.69) is 5.32 Å². The van der Waals surface area contributed by atoms with Crippen LogP contribution in [0, 0.1) is 11.3 Å². The van der Waals surface area contributed by atoms with E-state index < -0.39 is 5.91 Å². The summed E-state index contributed by atoms with van der Waals surface area (Å²) in [7, 11) is 0. The average Bonchev–Trinajstić information content (AvgIpc) is 3.04. The Bertz CT molecular complexity index is 952. The number of hydrogen-bond donors (Lipinski definition) is 1. The van der Waals surface area contributed by atoms with E-state index in [9.17, 15) is 14.9 Å². The SMILES string of the molecule is CCC1S/C(=C(\C#N)C(=O)NCc2ccccc2)N(c2ccc(Cl)cc2)C1=O. The van der Waals surface area contributed by atoms with Gasteiger partial charge in [0.1, 0.15) is 16.7 Å². The van der Waals surface area contributed by atoms with E-state index in [1.165, 1.54) is 16.7 Å². The lowest BCUT2D eigenvalue weighted by Crippen LogP contribution is -2.31. The molecule has 1 fully saturated rings. The second kappa shape index (κ2) is 8.96. The highest BCUT2D eigenvalue weighted by atomic mass is 35.5. The third-order valence-corrected chi connectivity index (χ3v) is 5.94. The van der Waals surface area contributed by atoms with E-state index in [1.807, 2.05) is 43.3 Å². The van der Waals surface area contributed by atoms with E-state index in [-0.39, 0.29) is 16.7 Å². The van der Waals surface area contributed by atoms with Gasteiger partial charge in [-0.15, -0.1) is 0 Å². The van der Waals surface area contributed by atoms with Crippen molar-refractivity contribution in [3.05, 3.63) is 75.8 Å². The van der Waals surface area contributed by atoms with Gasteiger partial charge in [0.15, 0.2) is 0 Å². The van der Waals surface area contributed by atoms with Gasteiger partial charge in [0.25, 0.3) is 5.91 Å². The van der Waals surface area contributed by atoms with Crippen molar-refractivity contribution < 1.29 is 9.59 Å². The Labute approximate surface area is 173 Å². The van der Waals surface area contributed by atoms with Gasteiger partial charge in [-0.1, -0.05) is 60.6 Å². The molecule has 1 saturated heterocycles. The van der Waals surface area contributed by atoms with Gasteiger partial charge in [-0.25, -0.2) is 0 Å². The molecular formula is C21H18ClN3O2S. The highest BCUT2D eigenvalue weighted by Gasteiger charge is 2.39. The molecule has 0 aromatic heterocycles. The van der Waals surface area contributed by atoms with Crippen LogP contribution in [0.2, 0.25) is 5.02 Å². The Morgan fingerprint density at radius 3 is 2.50 bits per heavy atom. The summed E-state index contributed by atoms with van der Waals surface area (Å²) in [5.41, 5.74) is 1.44. The molecule has 2 aromatic carbocycles. The number of nitriles is 1. The Kier molecular flexibility index (Phi) is 6.40. The van der Waals surface area contributed by atoms with Crippen molar-refractivity contribution in [1.82, 2.24) is 5.32 Å². The topological polar surface area (TPSA) is 73.2 Å². The lowest BCUT2D eigenvalue weighted by atomic mass is 10.2. The molecule has 0 bridgehead atoms. The summed E-state index contributed by atoms with van der Waals surface area (Å²) in [6.45, 7) is 2.20. The molecule has 2 amide bonds. The van der Waals surface area contributed by atoms with Crippen LogP contribution in [0.1, 0.15) is 18.9 Å². The van der Waals surface area contributed by atoms with E-state index >= 15 is 0 Å². The van der Waals surface area contributed by atoms with Crippen LogP contribution in [0.4, 0.5) is 5.69 Å². The number of hydrogen-bond acceptors (Lipinski definition) is 4. The summed E-state index contributed by atoms with van der Waals surface area (Å²) in [4.78, 5) is 27.0. The lowest BCUT2D eigenvalue weighted by molar-refractivity contribution is -0.117. The molecule has 0 spiro atoms. The quantitative estimate of drug-likeness (QED) is 0.589. The summed E-state index contributed by atoms with van der Waals surface area (Å²) in [5, 5.41) is 13.0. The molecule has 3 rings (SSSR count). The molecule has 28 heavy (non-hydrogen) atoms. The molecular weight excluding hydrogens is 394 g/mol. The third-order valence-electron chi connectivity index (χ3n) is 4.26. The first kappa shape index (κ1) is 20.0. The summed E-state index contributed by atoms with van der Waals surface area (Å²) in [5.74, 6) is -0.647. The molecule has 1 atom stereocenters. The van der Waals surface area contributed by atoms with Gasteiger partial charge < -0.3 is 5.32 Å². The predicted octanol–water partition coefficient (Wildman–Crippen LogP) is 4.25. The van der Waals surface area contributed by atoms with Crippen LogP contribution in [0.25, 0.3) is 0 Å². The molecule has 0 saturated carbocycles. The predicted molar refractivity (Wildman–Crippen MR) is 112 cm³/mol. The van der Waals surface area contributed by atoms with E-state index in [4.69, 9.17) is 11.6 Å². The van der Waals surface area contributed by atoms with Gasteiger partial charge in [0.2, 0.25) is 5.91 Å². The minimum atomic E-state index is -0.502. The van der Waals surface area contributed by atoms with Gasteiger partial charge >= 0.3 is 0 Å². The Hall–Kier alpha value is -2.75. The van der Waals surface area contributed by atoms with Crippen molar-refractivity contribution >= 4 is 40.9 Å². The first-order valence-electron chi connectivity index (χ1n) is 8.77. The van der Waals surface area contributed by atoms with Crippen LogP contribution in [-0.2, 0) is 16.1 Å². The maximum absolute atomic E-state index is 12.9. The molecule has 1 N–H and O–H groups in total. The number of amides is 2. The smallest absolute Gasteiger partial charge is 0.264 e. The Morgan fingerprint density at radius 1 is 1.21 bits per heavy atom. The molecule has 5 nitrogen and oxygen atoms in total. The maximum Gasteiger partial charge on any atom is 0.264 e. The number of rotatable bonds is 5. The number of carbonyl (C=O) groups excluding carboxylic acids is 2. The standard InChI is InChI=1S/C21H18ClN3O2S/c1-2-18-20(27)25(16-10-8-15(22)9-11-16)21(28-18)17(12-23)19(26)24-13-14-6-4-3-5-7-14/h3-11,18H,2,13H2,1H3,(H,24,26)/b21-17+. The van der Waals surface area contributed by atoms with Crippen molar-refractivity contribution in [1.29, 1.82) is 5.26 Å². The van der Waals surface area contributed by atoms with Crippen LogP contribution in [0.15, 0.2) is 65.2 Å². The Morgan fingerprint density at radius 2 is 1.89 bits per heavy atom. The summed E-state index contributed by atoms with van der Waals surface area (Å²) < 4.78 is 0. The van der Waals surface area contributed by atoms with E-state index in [0.29, 0.717) is 28.7 Å². The fraction of sp³-hybridized carbons (Fsp3) is 0.190. The number of carbonyl (C=O) groups is 2. The fourth-order valence-electron chi connectivity index (χ4n) is 2.81. The zero-order chi connectivity index (χ0) is 20.1. The normalized spacial score (nSPS) is 18.0. The highest BCUT2D eigenvalue weighted by molar-refractivity contribution is 8.05. The van der Waals surface area contributed by atoms with Crippen molar-refractivity contribution in [2.24, 2.45) is 0 Å². The zero-order valence-electron chi connectivity index (χ0n) is 15.2. The fourth-order valence-corrected chi connectivity index (χ4v) is 4.13. The molecule has 142 valence electrons. The number of halogens is 1. The second-order valence-corrected chi connectivity index (χ2v) is 7.75. The highest BCUT2D eigenvalue weighted by Crippen LogP contribution is 2.41. The van der Waals surface area contributed by atoms with E-state index in [0.717, 1.165) is 5.56 Å². The maximum atomic E-state index is 12.9. The summed E-state index contributed by atoms with van der Waals surface area (Å²) >= 11 is 7.20. The zero-order valence-corrected chi connectivity index (χ0v) is 16.8. The summed E-state index contributed by atoms with van der Waals surface area (Å²) in [6, 6.07) is 18.2. The molecule has 1 aliphatic rings. The Balaban J connectivity index is 1.93. The second-order valence-electron chi connectivity index (χ2n) is 6.13. The largest absolute Gasteiger partial charge is 0.347 e. The van der Waals surface area contributed by atoms with Crippen LogP contribution >= 0.6 is 23.4 Å². The van der Waals surface area contributed by atoms with Gasteiger partial charge in [-0.05, 0) is 36.2 Å². The monoisotopic (exact) mass is 411 g/mol. The van der Waals surface area contributed by atoms with Crippen LogP contribution < -0.4 is 10.2 Å². The van der Waals surface area contributed by atoms with Gasteiger partial charge in [0.05, 0.1) is 5.25 Å². The number of anilines is 1.